The lowest BCUT2D eigenvalue weighted by Crippen LogP contribution is -2.31. The van der Waals surface area contributed by atoms with Crippen molar-refractivity contribution in [3.63, 3.8) is 0 Å². The summed E-state index contributed by atoms with van der Waals surface area (Å²) < 4.78 is 5.86. The summed E-state index contributed by atoms with van der Waals surface area (Å²) in [6, 6.07) is 24.8. The van der Waals surface area contributed by atoms with Crippen molar-refractivity contribution in [3.05, 3.63) is 101 Å². The van der Waals surface area contributed by atoms with Crippen LogP contribution in [0.5, 0.6) is 11.5 Å². The number of amides is 1. The molecule has 0 saturated heterocycles. The van der Waals surface area contributed by atoms with E-state index < -0.39 is 5.41 Å². The summed E-state index contributed by atoms with van der Waals surface area (Å²) in [6.07, 6.45) is 0. The Morgan fingerprint density at radius 3 is 2.06 bits per heavy atom. The highest BCUT2D eigenvalue weighted by Gasteiger charge is 2.25. The largest absolute Gasteiger partial charge is 0.457 e. The number of hydrogen-bond donors (Lipinski definition) is 1. The fourth-order valence-corrected chi connectivity index (χ4v) is 3.52. The zero-order valence-corrected chi connectivity index (χ0v) is 19.2. The lowest BCUT2D eigenvalue weighted by molar-refractivity contribution is 0.0957. The lowest BCUT2D eigenvalue weighted by Gasteiger charge is -2.26. The first-order valence-electron chi connectivity index (χ1n) is 10.6. The number of para-hydroxylation sites is 1. The molecule has 4 nitrogen and oxygen atoms in total. The SMILES string of the molecule is Cc1cc(C)cc(/C(C#N)=C(\NC(=O)c2cccc(Oc3ccccc3)c2)C(C)(C)C)c1. The van der Waals surface area contributed by atoms with Crippen LogP contribution in [0.2, 0.25) is 0 Å². The van der Waals surface area contributed by atoms with Gasteiger partial charge in [0.25, 0.3) is 5.91 Å². The molecule has 0 fully saturated rings. The van der Waals surface area contributed by atoms with Crippen molar-refractivity contribution in [1.29, 1.82) is 5.26 Å². The highest BCUT2D eigenvalue weighted by Crippen LogP contribution is 2.32. The number of hydrogen-bond acceptors (Lipinski definition) is 3. The lowest BCUT2D eigenvalue weighted by atomic mass is 9.86. The monoisotopic (exact) mass is 424 g/mol. The van der Waals surface area contributed by atoms with Gasteiger partial charge in [0.1, 0.15) is 17.6 Å². The number of rotatable bonds is 5. The number of aryl methyl sites for hydroxylation is 2. The Balaban J connectivity index is 1.96. The molecule has 0 atom stereocenters. The Bertz CT molecular complexity index is 1180. The molecule has 0 spiro atoms. The second-order valence-electron chi connectivity index (χ2n) is 8.89. The van der Waals surface area contributed by atoms with E-state index in [1.807, 2.05) is 77.1 Å². The highest BCUT2D eigenvalue weighted by molar-refractivity contribution is 5.97. The third kappa shape index (κ3) is 5.65. The van der Waals surface area contributed by atoms with Crippen molar-refractivity contribution in [1.82, 2.24) is 5.32 Å². The van der Waals surface area contributed by atoms with Crippen LogP contribution in [-0.4, -0.2) is 5.91 Å². The van der Waals surface area contributed by atoms with Crippen molar-refractivity contribution in [2.75, 3.05) is 0 Å². The van der Waals surface area contributed by atoms with E-state index in [1.54, 1.807) is 24.3 Å². The van der Waals surface area contributed by atoms with Crippen LogP contribution < -0.4 is 10.1 Å². The maximum Gasteiger partial charge on any atom is 0.255 e. The molecule has 162 valence electrons. The summed E-state index contributed by atoms with van der Waals surface area (Å²) in [5.41, 5.74) is 4.00. The van der Waals surface area contributed by atoms with Gasteiger partial charge in [0, 0.05) is 16.7 Å². The van der Waals surface area contributed by atoms with E-state index in [0.29, 0.717) is 28.3 Å². The van der Waals surface area contributed by atoms with Gasteiger partial charge in [0.2, 0.25) is 0 Å². The Hall–Kier alpha value is -3.84. The molecule has 0 heterocycles. The summed E-state index contributed by atoms with van der Waals surface area (Å²) in [4.78, 5) is 13.2. The second-order valence-corrected chi connectivity index (χ2v) is 8.89. The van der Waals surface area contributed by atoms with Crippen molar-refractivity contribution in [2.24, 2.45) is 5.41 Å². The normalized spacial score (nSPS) is 11.9. The van der Waals surface area contributed by atoms with Crippen LogP contribution in [0.15, 0.2) is 78.5 Å². The Labute approximate surface area is 190 Å². The Morgan fingerprint density at radius 2 is 1.47 bits per heavy atom. The van der Waals surface area contributed by atoms with Crippen molar-refractivity contribution in [2.45, 2.75) is 34.6 Å². The van der Waals surface area contributed by atoms with E-state index in [1.165, 1.54) is 0 Å². The van der Waals surface area contributed by atoms with E-state index in [0.717, 1.165) is 16.7 Å². The van der Waals surface area contributed by atoms with Gasteiger partial charge in [0.05, 0.1) is 5.57 Å². The number of nitrogens with zero attached hydrogens (tertiary/aromatic N) is 1. The van der Waals surface area contributed by atoms with E-state index >= 15 is 0 Å². The number of ether oxygens (including phenoxy) is 1. The number of carbonyl (C=O) groups excluding carboxylic acids is 1. The molecule has 0 aromatic heterocycles. The van der Waals surface area contributed by atoms with Gasteiger partial charge in [0.15, 0.2) is 0 Å². The predicted octanol–water partition coefficient (Wildman–Crippen LogP) is 6.81. The van der Waals surface area contributed by atoms with Crippen LogP contribution in [0.1, 0.15) is 47.8 Å². The third-order valence-corrected chi connectivity index (χ3v) is 4.94. The van der Waals surface area contributed by atoms with E-state index in [-0.39, 0.29) is 5.91 Å². The summed E-state index contributed by atoms with van der Waals surface area (Å²) >= 11 is 0. The Morgan fingerprint density at radius 1 is 0.844 bits per heavy atom. The zero-order valence-electron chi connectivity index (χ0n) is 19.2. The fourth-order valence-electron chi connectivity index (χ4n) is 3.52. The van der Waals surface area contributed by atoms with Gasteiger partial charge in [-0.05, 0) is 49.7 Å². The van der Waals surface area contributed by atoms with Gasteiger partial charge in [-0.1, -0.05) is 74.4 Å². The first-order chi connectivity index (χ1) is 15.2. The average Bonchev–Trinajstić information content (AvgIpc) is 2.73. The van der Waals surface area contributed by atoms with E-state index in [2.05, 4.69) is 17.5 Å². The summed E-state index contributed by atoms with van der Waals surface area (Å²) in [7, 11) is 0. The van der Waals surface area contributed by atoms with Crippen LogP contribution in [0.3, 0.4) is 0 Å². The van der Waals surface area contributed by atoms with Gasteiger partial charge in [-0.15, -0.1) is 0 Å². The predicted molar refractivity (Wildman–Crippen MR) is 128 cm³/mol. The van der Waals surface area contributed by atoms with Crippen molar-refractivity contribution in [3.8, 4) is 17.6 Å². The smallest absolute Gasteiger partial charge is 0.255 e. The molecule has 3 aromatic carbocycles. The zero-order chi connectivity index (χ0) is 23.3. The molecule has 0 aliphatic rings. The molecule has 0 radical (unpaired) electrons. The first-order valence-corrected chi connectivity index (χ1v) is 10.6. The van der Waals surface area contributed by atoms with Gasteiger partial charge in [-0.2, -0.15) is 5.26 Å². The van der Waals surface area contributed by atoms with Gasteiger partial charge in [-0.3, -0.25) is 4.79 Å². The molecule has 3 aromatic rings. The van der Waals surface area contributed by atoms with Crippen molar-refractivity contribution >= 4 is 11.5 Å². The topological polar surface area (TPSA) is 62.1 Å². The van der Waals surface area contributed by atoms with Gasteiger partial charge < -0.3 is 10.1 Å². The molecule has 0 unspecified atom stereocenters. The van der Waals surface area contributed by atoms with Crippen molar-refractivity contribution < 1.29 is 9.53 Å². The first kappa shape index (κ1) is 22.8. The number of carbonyl (C=O) groups is 1. The molecular weight excluding hydrogens is 396 g/mol. The summed E-state index contributed by atoms with van der Waals surface area (Å²) in [5, 5.41) is 13.0. The highest BCUT2D eigenvalue weighted by atomic mass is 16.5. The number of allylic oxidation sites excluding steroid dienone is 2. The van der Waals surface area contributed by atoms with Crippen LogP contribution in [0.25, 0.3) is 5.57 Å². The molecule has 3 rings (SSSR count). The van der Waals surface area contributed by atoms with Crippen LogP contribution in [0, 0.1) is 30.6 Å². The summed E-state index contributed by atoms with van der Waals surface area (Å²) in [5.74, 6) is 0.979. The molecule has 1 N–H and O–H groups in total. The molecule has 0 aliphatic carbocycles. The van der Waals surface area contributed by atoms with Crippen LogP contribution in [0.4, 0.5) is 0 Å². The van der Waals surface area contributed by atoms with E-state index in [4.69, 9.17) is 4.74 Å². The van der Waals surface area contributed by atoms with Gasteiger partial charge >= 0.3 is 0 Å². The fraction of sp³-hybridized carbons (Fsp3) is 0.214. The molecule has 0 bridgehead atoms. The number of benzene rings is 3. The average molecular weight is 425 g/mol. The molecule has 32 heavy (non-hydrogen) atoms. The quantitative estimate of drug-likeness (QED) is 0.458. The van der Waals surface area contributed by atoms with Crippen LogP contribution >= 0.6 is 0 Å². The maximum atomic E-state index is 13.2. The minimum absolute atomic E-state index is 0.287. The molecule has 0 saturated carbocycles. The second kappa shape index (κ2) is 9.53. The van der Waals surface area contributed by atoms with E-state index in [9.17, 15) is 10.1 Å². The minimum Gasteiger partial charge on any atom is -0.457 e. The summed E-state index contributed by atoms with van der Waals surface area (Å²) in [6.45, 7) is 9.95. The standard InChI is InChI=1S/C28H28N2O2/c1-19-14-20(2)16-22(15-19)25(18-29)26(28(3,4)5)30-27(31)21-10-9-13-24(17-21)32-23-11-7-6-8-12-23/h6-17H,1-5H3,(H,30,31)/b26-25-. The molecule has 1 amide bonds. The van der Waals surface area contributed by atoms with Crippen LogP contribution in [-0.2, 0) is 0 Å². The third-order valence-electron chi connectivity index (χ3n) is 4.94. The Kier molecular flexibility index (Phi) is 6.80. The molecule has 4 heteroatoms. The minimum atomic E-state index is -0.448. The number of nitrogens with one attached hydrogen (secondary N) is 1. The number of nitriles is 1. The van der Waals surface area contributed by atoms with Gasteiger partial charge in [-0.25, -0.2) is 0 Å². The maximum absolute atomic E-state index is 13.2. The molecular formula is C28H28N2O2. The molecule has 0 aliphatic heterocycles.